The first-order valence-electron chi connectivity index (χ1n) is 9.04. The number of methoxy groups -OCH3 is 1. The summed E-state index contributed by atoms with van der Waals surface area (Å²) in [7, 11) is 1.62. The van der Waals surface area contributed by atoms with E-state index < -0.39 is 0 Å². The molecule has 0 fully saturated rings. The molecule has 0 atom stereocenters. The SMILES string of the molecule is CCCCOCCCNC(=O)CCc1nc(-c2ccc(OC)cc2)no1. The Morgan fingerprint density at radius 3 is 2.69 bits per heavy atom. The molecule has 7 heteroatoms. The molecule has 142 valence electrons. The van der Waals surface area contributed by atoms with Gasteiger partial charge >= 0.3 is 0 Å². The van der Waals surface area contributed by atoms with E-state index in [9.17, 15) is 4.79 Å². The molecular weight excluding hydrogens is 334 g/mol. The maximum Gasteiger partial charge on any atom is 0.227 e. The number of aromatic nitrogens is 2. The van der Waals surface area contributed by atoms with E-state index in [0.29, 0.717) is 37.7 Å². The first-order chi connectivity index (χ1) is 12.7. The molecule has 7 nitrogen and oxygen atoms in total. The largest absolute Gasteiger partial charge is 0.497 e. The van der Waals surface area contributed by atoms with E-state index in [1.807, 2.05) is 24.3 Å². The summed E-state index contributed by atoms with van der Waals surface area (Å²) in [6, 6.07) is 7.40. The molecule has 0 unspecified atom stereocenters. The summed E-state index contributed by atoms with van der Waals surface area (Å²) in [6.07, 6.45) is 3.77. The van der Waals surface area contributed by atoms with Crippen molar-refractivity contribution in [1.82, 2.24) is 15.5 Å². The van der Waals surface area contributed by atoms with E-state index in [1.165, 1.54) is 0 Å². The molecule has 1 N–H and O–H groups in total. The van der Waals surface area contributed by atoms with Crippen LogP contribution in [-0.4, -0.2) is 42.9 Å². The van der Waals surface area contributed by atoms with E-state index in [4.69, 9.17) is 14.0 Å². The molecule has 0 aliphatic heterocycles. The zero-order valence-electron chi connectivity index (χ0n) is 15.5. The summed E-state index contributed by atoms with van der Waals surface area (Å²) in [4.78, 5) is 16.2. The highest BCUT2D eigenvalue weighted by Gasteiger charge is 2.10. The third-order valence-electron chi connectivity index (χ3n) is 3.81. The summed E-state index contributed by atoms with van der Waals surface area (Å²) in [5.41, 5.74) is 0.841. The van der Waals surface area contributed by atoms with Crippen LogP contribution in [0.1, 0.15) is 38.5 Å². The predicted molar refractivity (Wildman–Crippen MR) is 98.0 cm³/mol. The lowest BCUT2D eigenvalue weighted by Gasteiger charge is -2.05. The highest BCUT2D eigenvalue weighted by atomic mass is 16.5. The smallest absolute Gasteiger partial charge is 0.227 e. The van der Waals surface area contributed by atoms with E-state index in [1.54, 1.807) is 7.11 Å². The summed E-state index contributed by atoms with van der Waals surface area (Å²) < 4.78 is 15.8. The van der Waals surface area contributed by atoms with Gasteiger partial charge < -0.3 is 19.3 Å². The molecule has 0 radical (unpaired) electrons. The Balaban J connectivity index is 1.66. The minimum Gasteiger partial charge on any atom is -0.497 e. The van der Waals surface area contributed by atoms with Gasteiger partial charge in [-0.3, -0.25) is 4.79 Å². The number of hydrogen-bond acceptors (Lipinski definition) is 6. The second-order valence-electron chi connectivity index (χ2n) is 5.91. The Kier molecular flexibility index (Phi) is 8.62. The molecule has 0 saturated heterocycles. The number of benzene rings is 1. The number of carbonyl (C=O) groups excluding carboxylic acids is 1. The Hall–Kier alpha value is -2.41. The van der Waals surface area contributed by atoms with Crippen molar-refractivity contribution in [1.29, 1.82) is 0 Å². The van der Waals surface area contributed by atoms with E-state index in [0.717, 1.165) is 37.2 Å². The lowest BCUT2D eigenvalue weighted by molar-refractivity contribution is -0.121. The van der Waals surface area contributed by atoms with Crippen LogP contribution < -0.4 is 10.1 Å². The van der Waals surface area contributed by atoms with Gasteiger partial charge in [-0.05, 0) is 37.1 Å². The molecule has 1 aromatic carbocycles. The van der Waals surface area contributed by atoms with Gasteiger partial charge in [0.05, 0.1) is 7.11 Å². The number of hydrogen-bond donors (Lipinski definition) is 1. The fourth-order valence-electron chi connectivity index (χ4n) is 2.27. The average molecular weight is 361 g/mol. The van der Waals surface area contributed by atoms with Crippen LogP contribution in [0.3, 0.4) is 0 Å². The van der Waals surface area contributed by atoms with Crippen LogP contribution in [0.25, 0.3) is 11.4 Å². The Morgan fingerprint density at radius 1 is 1.19 bits per heavy atom. The number of amides is 1. The van der Waals surface area contributed by atoms with Crippen molar-refractivity contribution in [3.8, 4) is 17.1 Å². The van der Waals surface area contributed by atoms with Crippen molar-refractivity contribution in [2.24, 2.45) is 0 Å². The fourth-order valence-corrected chi connectivity index (χ4v) is 2.27. The number of carbonyl (C=O) groups is 1. The molecule has 0 bridgehead atoms. The van der Waals surface area contributed by atoms with Crippen LogP contribution in [0, 0.1) is 0 Å². The lowest BCUT2D eigenvalue weighted by atomic mass is 10.2. The van der Waals surface area contributed by atoms with E-state index >= 15 is 0 Å². The molecule has 0 spiro atoms. The van der Waals surface area contributed by atoms with Crippen LogP contribution in [0.15, 0.2) is 28.8 Å². The highest BCUT2D eigenvalue weighted by Crippen LogP contribution is 2.19. The number of aryl methyl sites for hydroxylation is 1. The van der Waals surface area contributed by atoms with Crippen molar-refractivity contribution < 1.29 is 18.8 Å². The number of ether oxygens (including phenoxy) is 2. The van der Waals surface area contributed by atoms with Crippen molar-refractivity contribution in [3.63, 3.8) is 0 Å². The third kappa shape index (κ3) is 6.84. The van der Waals surface area contributed by atoms with Crippen LogP contribution in [0.2, 0.25) is 0 Å². The van der Waals surface area contributed by atoms with Gasteiger partial charge in [-0.25, -0.2) is 0 Å². The molecule has 1 aromatic heterocycles. The predicted octanol–water partition coefficient (Wildman–Crippen LogP) is 3.00. The molecule has 2 rings (SSSR count). The Bertz CT molecular complexity index is 655. The minimum absolute atomic E-state index is 0.0252. The van der Waals surface area contributed by atoms with Gasteiger partial charge in [0, 0.05) is 38.2 Å². The van der Waals surface area contributed by atoms with Crippen LogP contribution >= 0.6 is 0 Å². The van der Waals surface area contributed by atoms with Crippen molar-refractivity contribution >= 4 is 5.91 Å². The standard InChI is InChI=1S/C19H27N3O4/c1-3-4-13-25-14-5-12-20-17(23)10-11-18-21-19(22-26-18)15-6-8-16(24-2)9-7-15/h6-9H,3-5,10-14H2,1-2H3,(H,20,23). The number of unbranched alkanes of at least 4 members (excludes halogenated alkanes) is 1. The monoisotopic (exact) mass is 361 g/mol. The summed E-state index contributed by atoms with van der Waals surface area (Å²) in [6.45, 7) is 4.21. The number of nitrogens with one attached hydrogen (secondary N) is 1. The molecule has 0 aliphatic carbocycles. The van der Waals surface area contributed by atoms with Gasteiger partial charge in [0.1, 0.15) is 5.75 Å². The topological polar surface area (TPSA) is 86.5 Å². The second-order valence-corrected chi connectivity index (χ2v) is 5.91. The zero-order valence-corrected chi connectivity index (χ0v) is 15.5. The molecule has 0 saturated carbocycles. The van der Waals surface area contributed by atoms with Crippen LogP contribution in [0.5, 0.6) is 5.75 Å². The summed E-state index contributed by atoms with van der Waals surface area (Å²) in [5, 5.41) is 6.83. The zero-order chi connectivity index (χ0) is 18.6. The minimum atomic E-state index is -0.0252. The summed E-state index contributed by atoms with van der Waals surface area (Å²) >= 11 is 0. The maximum absolute atomic E-state index is 11.8. The van der Waals surface area contributed by atoms with Crippen molar-refractivity contribution in [2.75, 3.05) is 26.9 Å². The molecule has 2 aromatic rings. The van der Waals surface area contributed by atoms with Gasteiger partial charge in [-0.15, -0.1) is 0 Å². The third-order valence-corrected chi connectivity index (χ3v) is 3.81. The first kappa shape index (κ1) is 19.9. The van der Waals surface area contributed by atoms with Crippen molar-refractivity contribution in [2.45, 2.75) is 39.0 Å². The lowest BCUT2D eigenvalue weighted by Crippen LogP contribution is -2.25. The summed E-state index contributed by atoms with van der Waals surface area (Å²) in [5.74, 6) is 1.70. The molecule has 0 aliphatic rings. The molecule has 26 heavy (non-hydrogen) atoms. The van der Waals surface area contributed by atoms with E-state index in [-0.39, 0.29) is 5.91 Å². The molecular formula is C19H27N3O4. The number of rotatable bonds is 12. The first-order valence-corrected chi connectivity index (χ1v) is 9.04. The van der Waals surface area contributed by atoms with Gasteiger partial charge in [0.25, 0.3) is 0 Å². The molecule has 1 heterocycles. The highest BCUT2D eigenvalue weighted by molar-refractivity contribution is 5.75. The second kappa shape index (κ2) is 11.3. The quantitative estimate of drug-likeness (QED) is 0.585. The average Bonchev–Trinajstić information content (AvgIpc) is 3.15. The van der Waals surface area contributed by atoms with Crippen LogP contribution in [-0.2, 0) is 16.0 Å². The van der Waals surface area contributed by atoms with Gasteiger partial charge in [0.15, 0.2) is 0 Å². The Morgan fingerprint density at radius 2 is 1.96 bits per heavy atom. The van der Waals surface area contributed by atoms with Gasteiger partial charge in [-0.2, -0.15) is 4.98 Å². The normalized spacial score (nSPS) is 10.7. The molecule has 1 amide bonds. The van der Waals surface area contributed by atoms with Crippen LogP contribution in [0.4, 0.5) is 0 Å². The van der Waals surface area contributed by atoms with Crippen molar-refractivity contribution in [3.05, 3.63) is 30.2 Å². The maximum atomic E-state index is 11.8. The van der Waals surface area contributed by atoms with Gasteiger partial charge in [0.2, 0.25) is 17.6 Å². The van der Waals surface area contributed by atoms with E-state index in [2.05, 4.69) is 22.4 Å². The van der Waals surface area contributed by atoms with Gasteiger partial charge in [-0.1, -0.05) is 18.5 Å². The fraction of sp³-hybridized carbons (Fsp3) is 0.526. The Labute approximate surface area is 154 Å². The number of nitrogens with zero attached hydrogens (tertiary/aromatic N) is 2.